The molecule has 29 heavy (non-hydrogen) atoms. The van der Waals surface area contributed by atoms with Gasteiger partial charge in [0.05, 0.1) is 6.04 Å². The molecular formula is C23H26N4O2. The molecule has 1 aliphatic rings. The van der Waals surface area contributed by atoms with Gasteiger partial charge in [-0.05, 0) is 37.1 Å². The number of carbonyl (C=O) groups excluding carboxylic acids is 1. The molecule has 0 radical (unpaired) electrons. The number of H-pyrrole nitrogens is 1. The molecule has 0 saturated carbocycles. The van der Waals surface area contributed by atoms with Gasteiger partial charge in [-0.15, -0.1) is 0 Å². The first-order valence-corrected chi connectivity index (χ1v) is 9.96. The Bertz CT molecular complexity index is 994. The van der Waals surface area contributed by atoms with E-state index >= 15 is 0 Å². The molecule has 3 aromatic rings. The first-order chi connectivity index (χ1) is 14.1. The molecule has 4 rings (SSSR count). The average molecular weight is 390 g/mol. The topological polar surface area (TPSA) is 79.0 Å². The Morgan fingerprint density at radius 1 is 1.24 bits per heavy atom. The number of hydrogen-bond acceptors (Lipinski definition) is 4. The van der Waals surface area contributed by atoms with Gasteiger partial charge in [0.25, 0.3) is 5.91 Å². The average Bonchev–Trinajstić information content (AvgIpc) is 3.17. The first-order valence-electron chi connectivity index (χ1n) is 9.96. The zero-order valence-corrected chi connectivity index (χ0v) is 16.8. The molecule has 0 spiro atoms. The number of benzene rings is 2. The maximum Gasteiger partial charge on any atom is 0.272 e. The van der Waals surface area contributed by atoms with Crippen LogP contribution < -0.4 is 15.4 Å². The van der Waals surface area contributed by atoms with Crippen LogP contribution in [0.5, 0.6) is 5.75 Å². The molecule has 0 aliphatic carbocycles. The fourth-order valence-electron chi connectivity index (χ4n) is 3.58. The van der Waals surface area contributed by atoms with Gasteiger partial charge in [-0.3, -0.25) is 9.89 Å². The zero-order valence-electron chi connectivity index (χ0n) is 16.8. The van der Waals surface area contributed by atoms with E-state index in [1.807, 2.05) is 37.3 Å². The van der Waals surface area contributed by atoms with E-state index in [4.69, 9.17) is 4.74 Å². The highest BCUT2D eigenvalue weighted by Crippen LogP contribution is 2.20. The van der Waals surface area contributed by atoms with Crippen molar-refractivity contribution in [1.82, 2.24) is 20.8 Å². The third-order valence-corrected chi connectivity index (χ3v) is 5.24. The summed E-state index contributed by atoms with van der Waals surface area (Å²) in [6.45, 7) is 6.16. The van der Waals surface area contributed by atoms with Crippen LogP contribution in [0.1, 0.15) is 51.4 Å². The second-order valence-electron chi connectivity index (χ2n) is 7.50. The second kappa shape index (κ2) is 8.49. The number of ether oxygens (including phenoxy) is 1. The number of rotatable bonds is 6. The van der Waals surface area contributed by atoms with Crippen molar-refractivity contribution in [3.05, 3.63) is 82.2 Å². The van der Waals surface area contributed by atoms with Crippen molar-refractivity contribution >= 4 is 5.91 Å². The molecule has 150 valence electrons. The van der Waals surface area contributed by atoms with Gasteiger partial charge in [-0.1, -0.05) is 42.0 Å². The lowest BCUT2D eigenvalue weighted by atomic mass is 10.1. The van der Waals surface area contributed by atoms with Crippen molar-refractivity contribution < 1.29 is 9.53 Å². The van der Waals surface area contributed by atoms with E-state index in [-0.39, 0.29) is 11.9 Å². The Labute approximate surface area is 170 Å². The van der Waals surface area contributed by atoms with Crippen LogP contribution in [0.15, 0.2) is 48.5 Å². The number of nitrogens with zero attached hydrogens (tertiary/aromatic N) is 1. The van der Waals surface area contributed by atoms with Crippen LogP contribution in [0.2, 0.25) is 0 Å². The van der Waals surface area contributed by atoms with Crippen LogP contribution in [0, 0.1) is 6.92 Å². The van der Waals surface area contributed by atoms with Gasteiger partial charge in [0, 0.05) is 30.8 Å². The molecule has 2 aromatic carbocycles. The first kappa shape index (κ1) is 19.2. The number of hydrogen-bond donors (Lipinski definition) is 3. The van der Waals surface area contributed by atoms with Crippen molar-refractivity contribution in [3.8, 4) is 5.75 Å². The Hall–Kier alpha value is -3.12. The molecular weight excluding hydrogens is 364 g/mol. The molecule has 6 nitrogen and oxygen atoms in total. The zero-order chi connectivity index (χ0) is 20.2. The molecule has 1 aromatic heterocycles. The summed E-state index contributed by atoms with van der Waals surface area (Å²) >= 11 is 0. The molecule has 6 heteroatoms. The number of amides is 1. The minimum Gasteiger partial charge on any atom is -0.489 e. The summed E-state index contributed by atoms with van der Waals surface area (Å²) in [5.74, 6) is 0.653. The molecule has 1 atom stereocenters. The number of aromatic nitrogens is 2. The number of nitrogens with one attached hydrogen (secondary N) is 3. The fraction of sp³-hybridized carbons (Fsp3) is 0.304. The minimum atomic E-state index is -0.154. The van der Waals surface area contributed by atoms with Gasteiger partial charge in [0.1, 0.15) is 12.4 Å². The number of aromatic amines is 1. The highest BCUT2D eigenvalue weighted by atomic mass is 16.5. The largest absolute Gasteiger partial charge is 0.489 e. The van der Waals surface area contributed by atoms with E-state index in [2.05, 4.69) is 46.0 Å². The summed E-state index contributed by atoms with van der Waals surface area (Å²) in [4.78, 5) is 12.7. The maximum absolute atomic E-state index is 12.7. The Kier molecular flexibility index (Phi) is 5.62. The molecule has 1 aliphatic heterocycles. The second-order valence-corrected chi connectivity index (χ2v) is 7.50. The summed E-state index contributed by atoms with van der Waals surface area (Å²) in [6, 6.07) is 16.0. The van der Waals surface area contributed by atoms with E-state index in [9.17, 15) is 4.79 Å². The van der Waals surface area contributed by atoms with Crippen molar-refractivity contribution in [2.45, 2.75) is 39.5 Å². The van der Waals surface area contributed by atoms with Gasteiger partial charge in [0.2, 0.25) is 0 Å². The molecule has 1 unspecified atom stereocenters. The van der Waals surface area contributed by atoms with Crippen LogP contribution >= 0.6 is 0 Å². The van der Waals surface area contributed by atoms with Gasteiger partial charge in [-0.2, -0.15) is 5.10 Å². The number of fused-ring (bicyclic) bond motifs is 1. The van der Waals surface area contributed by atoms with Gasteiger partial charge >= 0.3 is 0 Å². The summed E-state index contributed by atoms with van der Waals surface area (Å²) in [5.41, 5.74) is 5.89. The van der Waals surface area contributed by atoms with E-state index in [1.54, 1.807) is 0 Å². The normalized spacial score (nSPS) is 14.1. The third-order valence-electron chi connectivity index (χ3n) is 5.24. The standard InChI is InChI=1S/C23H26N4O2/c1-15-4-3-5-17(12-15)14-29-19-8-6-18(7-9-19)16(2)25-23(28)22-20-13-24-11-10-21(20)26-27-22/h3-9,12,16,24H,10-11,13-14H2,1-2H3,(H,25,28)(H,26,27). The van der Waals surface area contributed by atoms with Gasteiger partial charge in [0.15, 0.2) is 5.69 Å². The summed E-state index contributed by atoms with van der Waals surface area (Å²) in [5, 5.41) is 13.5. The van der Waals surface area contributed by atoms with Gasteiger partial charge < -0.3 is 15.4 Å². The van der Waals surface area contributed by atoms with Crippen molar-refractivity contribution in [2.24, 2.45) is 0 Å². The third kappa shape index (κ3) is 4.49. The van der Waals surface area contributed by atoms with E-state index < -0.39 is 0 Å². The van der Waals surface area contributed by atoms with E-state index in [0.29, 0.717) is 18.8 Å². The van der Waals surface area contributed by atoms with Crippen molar-refractivity contribution in [1.29, 1.82) is 0 Å². The monoisotopic (exact) mass is 390 g/mol. The summed E-state index contributed by atoms with van der Waals surface area (Å²) in [7, 11) is 0. The molecule has 0 fully saturated rings. The number of carbonyl (C=O) groups is 1. The van der Waals surface area contributed by atoms with Crippen LogP contribution in [-0.4, -0.2) is 22.6 Å². The lowest BCUT2D eigenvalue weighted by Gasteiger charge is -2.16. The Morgan fingerprint density at radius 2 is 2.07 bits per heavy atom. The Balaban J connectivity index is 1.36. The predicted octanol–water partition coefficient (Wildman–Crippen LogP) is 3.43. The minimum absolute atomic E-state index is 0.128. The highest BCUT2D eigenvalue weighted by molar-refractivity contribution is 5.94. The van der Waals surface area contributed by atoms with E-state index in [1.165, 1.54) is 5.56 Å². The molecule has 2 heterocycles. The quantitative estimate of drug-likeness (QED) is 0.602. The molecule has 0 bridgehead atoms. The van der Waals surface area contributed by atoms with Crippen LogP contribution in [0.25, 0.3) is 0 Å². The van der Waals surface area contributed by atoms with Crippen molar-refractivity contribution in [3.63, 3.8) is 0 Å². The maximum atomic E-state index is 12.7. The van der Waals surface area contributed by atoms with Crippen LogP contribution in [-0.2, 0) is 19.6 Å². The lowest BCUT2D eigenvalue weighted by molar-refractivity contribution is 0.0933. The smallest absolute Gasteiger partial charge is 0.272 e. The van der Waals surface area contributed by atoms with Crippen LogP contribution in [0.3, 0.4) is 0 Å². The predicted molar refractivity (Wildman–Crippen MR) is 112 cm³/mol. The molecule has 3 N–H and O–H groups in total. The van der Waals surface area contributed by atoms with E-state index in [0.717, 1.165) is 41.1 Å². The Morgan fingerprint density at radius 3 is 2.86 bits per heavy atom. The summed E-state index contributed by atoms with van der Waals surface area (Å²) in [6.07, 6.45) is 0.870. The molecule has 1 amide bonds. The number of aryl methyl sites for hydroxylation is 1. The lowest BCUT2D eigenvalue weighted by Crippen LogP contribution is -2.30. The summed E-state index contributed by atoms with van der Waals surface area (Å²) < 4.78 is 5.88. The molecule has 0 saturated heterocycles. The highest BCUT2D eigenvalue weighted by Gasteiger charge is 2.22. The van der Waals surface area contributed by atoms with Crippen molar-refractivity contribution in [2.75, 3.05) is 6.54 Å². The van der Waals surface area contributed by atoms with Crippen LogP contribution in [0.4, 0.5) is 0 Å². The van der Waals surface area contributed by atoms with Gasteiger partial charge in [-0.25, -0.2) is 0 Å². The SMILES string of the molecule is Cc1cccc(COc2ccc(C(C)NC(=O)c3n[nH]c4c3CNCC4)cc2)c1. The fourth-order valence-corrected chi connectivity index (χ4v) is 3.58.